The van der Waals surface area contributed by atoms with E-state index < -0.39 is 35.3 Å². The summed E-state index contributed by atoms with van der Waals surface area (Å²) >= 11 is 14.4. The van der Waals surface area contributed by atoms with Crippen LogP contribution in [0.1, 0.15) is 22.9 Å². The average Bonchev–Trinajstić information content (AvgIpc) is 3.43. The number of allylic oxidation sites excluding steroid dienone is 1. The van der Waals surface area contributed by atoms with E-state index in [1.807, 2.05) is 60.7 Å². The van der Waals surface area contributed by atoms with Crippen LogP contribution in [0.5, 0.6) is 0 Å². The molecule has 0 saturated carbocycles. The summed E-state index contributed by atoms with van der Waals surface area (Å²) in [7, 11) is 1.29. The lowest BCUT2D eigenvalue weighted by molar-refractivity contribution is -0.154. The summed E-state index contributed by atoms with van der Waals surface area (Å²) < 4.78 is 5.98. The van der Waals surface area contributed by atoms with Crippen molar-refractivity contribution in [2.45, 2.75) is 17.5 Å². The first-order chi connectivity index (χ1) is 20.3. The fraction of sp³-hybridized carbons (Fsp3) is 0.179. The van der Waals surface area contributed by atoms with Gasteiger partial charge >= 0.3 is 5.97 Å². The van der Waals surface area contributed by atoms with Crippen molar-refractivity contribution >= 4 is 74.9 Å². The quantitative estimate of drug-likeness (QED) is 0.152. The molecule has 2 aliphatic heterocycles. The maximum atomic E-state index is 13.9. The Morgan fingerprint density at radius 2 is 1.79 bits per heavy atom. The minimum Gasteiger partial charge on any atom is -0.448 e. The van der Waals surface area contributed by atoms with E-state index in [1.165, 1.54) is 29.8 Å². The first-order valence-corrected chi connectivity index (χ1v) is 15.1. The van der Waals surface area contributed by atoms with Crippen molar-refractivity contribution in [3.8, 4) is 0 Å². The molecule has 1 unspecified atom stereocenters. The second kappa shape index (κ2) is 13.0. The van der Waals surface area contributed by atoms with E-state index >= 15 is 0 Å². The van der Waals surface area contributed by atoms with Gasteiger partial charge in [-0.3, -0.25) is 14.5 Å². The third kappa shape index (κ3) is 6.16. The Morgan fingerprint density at radius 3 is 2.33 bits per heavy atom. The standard InChI is InChI=1S/C28H23Cl2N5O5S2/c1-39-34-20(18-14-42-28(31)32-18)24(36)33-21-25(37)35-22(17(12-19(29)30)13-41-26(21)35)27(38)40-23(15-8-4-2-5-9-15)16-10-6-3-7-11-16/h2-12,14,21,23,26H,13H2,1H3,(H2,31,32)(H,33,36)/b34-20+/t21?,26-/m1/s1. The molecule has 3 aromatic rings. The lowest BCUT2D eigenvalue weighted by atomic mass is 10.0. The number of nitrogens with zero attached hydrogens (tertiary/aromatic N) is 3. The number of rotatable bonds is 9. The van der Waals surface area contributed by atoms with Crippen molar-refractivity contribution < 1.29 is 24.0 Å². The van der Waals surface area contributed by atoms with E-state index in [1.54, 1.807) is 5.38 Å². The maximum Gasteiger partial charge on any atom is 0.356 e. The highest BCUT2D eigenvalue weighted by Gasteiger charge is 2.54. The highest BCUT2D eigenvalue weighted by Crippen LogP contribution is 2.42. The van der Waals surface area contributed by atoms with Crippen LogP contribution in [0.15, 0.2) is 93.0 Å². The Bertz CT molecular complexity index is 1550. The summed E-state index contributed by atoms with van der Waals surface area (Å²) in [4.78, 5) is 50.7. The summed E-state index contributed by atoms with van der Waals surface area (Å²) in [5.41, 5.74) is 7.69. The first kappa shape index (κ1) is 29.6. The summed E-state index contributed by atoms with van der Waals surface area (Å²) in [6.07, 6.45) is 0.667. The largest absolute Gasteiger partial charge is 0.448 e. The first-order valence-electron chi connectivity index (χ1n) is 12.4. The molecule has 0 radical (unpaired) electrons. The number of nitrogens with two attached hydrogens (primary N) is 1. The molecule has 2 aromatic carbocycles. The van der Waals surface area contributed by atoms with Crippen molar-refractivity contribution in [2.24, 2.45) is 5.16 Å². The number of anilines is 1. The van der Waals surface area contributed by atoms with Crippen molar-refractivity contribution in [3.63, 3.8) is 0 Å². The summed E-state index contributed by atoms with van der Waals surface area (Å²) in [5, 5.41) is 7.64. The predicted octanol–water partition coefficient (Wildman–Crippen LogP) is 4.38. The molecule has 3 heterocycles. The third-order valence-electron chi connectivity index (χ3n) is 6.35. The van der Waals surface area contributed by atoms with Crippen molar-refractivity contribution in [3.05, 3.63) is 105 Å². The molecule has 0 spiro atoms. The monoisotopic (exact) mass is 643 g/mol. The number of nitrogen functional groups attached to an aromatic ring is 1. The minimum atomic E-state index is -0.959. The van der Waals surface area contributed by atoms with Gasteiger partial charge in [0.1, 0.15) is 34.4 Å². The van der Waals surface area contributed by atoms with Crippen LogP contribution < -0.4 is 11.1 Å². The van der Waals surface area contributed by atoms with E-state index in [2.05, 4.69) is 15.5 Å². The average molecular weight is 645 g/mol. The van der Waals surface area contributed by atoms with E-state index in [-0.39, 0.29) is 32.5 Å². The molecule has 42 heavy (non-hydrogen) atoms. The Hall–Kier alpha value is -3.84. The molecule has 3 N–H and O–H groups in total. The van der Waals surface area contributed by atoms with Crippen LogP contribution in [0.25, 0.3) is 0 Å². The predicted molar refractivity (Wildman–Crippen MR) is 163 cm³/mol. The number of oxime groups is 1. The molecule has 2 amide bonds. The summed E-state index contributed by atoms with van der Waals surface area (Å²) in [6, 6.07) is 17.6. The Morgan fingerprint density at radius 1 is 1.14 bits per heavy atom. The maximum absolute atomic E-state index is 13.9. The van der Waals surface area contributed by atoms with E-state index in [4.69, 9.17) is 38.5 Å². The number of halogens is 2. The molecule has 0 aliphatic carbocycles. The van der Waals surface area contributed by atoms with Gasteiger partial charge in [-0.2, -0.15) is 0 Å². The fourth-order valence-corrected chi connectivity index (χ4v) is 6.64. The molecule has 1 saturated heterocycles. The number of nitrogens with one attached hydrogen (secondary N) is 1. The lowest BCUT2D eigenvalue weighted by Gasteiger charge is -2.49. The SMILES string of the molecule is CO/N=C(/C(=O)NC1C(=O)N2C(C(=O)OC(c3ccccc3)c3ccccc3)=C(C=C(Cl)Cl)CS[C@H]12)c1csc(N)n1. The number of aromatic nitrogens is 1. The zero-order valence-corrected chi connectivity index (χ0v) is 25.0. The molecule has 14 heteroatoms. The van der Waals surface area contributed by atoms with Gasteiger partial charge in [0.2, 0.25) is 0 Å². The third-order valence-corrected chi connectivity index (χ3v) is 8.55. The number of β-lactam (4-membered cyclic amide) rings is 1. The molecule has 2 atom stereocenters. The number of thiazole rings is 1. The number of hydrogen-bond donors (Lipinski definition) is 2. The van der Waals surface area contributed by atoms with Crippen LogP contribution in [0.2, 0.25) is 0 Å². The molecule has 5 rings (SSSR count). The number of carbonyl (C=O) groups is 3. The van der Waals surface area contributed by atoms with Crippen LogP contribution >= 0.6 is 46.3 Å². The number of amides is 2. The number of fused-ring (bicyclic) bond motifs is 1. The number of esters is 1. The molecule has 2 aliphatic rings. The molecule has 216 valence electrons. The molecule has 1 fully saturated rings. The Labute approximate surface area is 259 Å². The van der Waals surface area contributed by atoms with Gasteiger partial charge in [-0.15, -0.1) is 23.1 Å². The smallest absolute Gasteiger partial charge is 0.356 e. The van der Waals surface area contributed by atoms with E-state index in [9.17, 15) is 14.4 Å². The van der Waals surface area contributed by atoms with Crippen molar-refractivity contribution in [2.75, 3.05) is 18.6 Å². The normalized spacial score (nSPS) is 18.2. The topological polar surface area (TPSA) is 136 Å². The van der Waals surface area contributed by atoms with Crippen LogP contribution in [0.3, 0.4) is 0 Å². The molecular weight excluding hydrogens is 621 g/mol. The molecule has 1 aromatic heterocycles. The minimum absolute atomic E-state index is 0.00275. The van der Waals surface area contributed by atoms with Crippen LogP contribution in [0.4, 0.5) is 5.13 Å². The van der Waals surface area contributed by atoms with Gasteiger partial charge in [-0.25, -0.2) is 9.78 Å². The molecule has 0 bridgehead atoms. The van der Waals surface area contributed by atoms with Gasteiger partial charge in [0.25, 0.3) is 11.8 Å². The van der Waals surface area contributed by atoms with Gasteiger partial charge in [0, 0.05) is 11.1 Å². The number of benzene rings is 2. The Balaban J connectivity index is 1.42. The number of thioether (sulfide) groups is 1. The molecule has 10 nitrogen and oxygen atoms in total. The lowest BCUT2D eigenvalue weighted by Crippen LogP contribution is -2.71. The van der Waals surface area contributed by atoms with E-state index in [0.717, 1.165) is 22.5 Å². The van der Waals surface area contributed by atoms with Gasteiger partial charge in [-0.1, -0.05) is 89.0 Å². The number of hydrogen-bond acceptors (Lipinski definition) is 10. The van der Waals surface area contributed by atoms with Crippen LogP contribution in [-0.4, -0.2) is 57.7 Å². The van der Waals surface area contributed by atoms with E-state index in [0.29, 0.717) is 5.57 Å². The molecular formula is C28H23Cl2N5O5S2. The second-order valence-electron chi connectivity index (χ2n) is 8.97. The van der Waals surface area contributed by atoms with Crippen LogP contribution in [0, 0.1) is 0 Å². The fourth-order valence-electron chi connectivity index (χ4n) is 4.52. The highest BCUT2D eigenvalue weighted by atomic mass is 35.5. The van der Waals surface area contributed by atoms with Gasteiger partial charge < -0.3 is 20.6 Å². The summed E-state index contributed by atoms with van der Waals surface area (Å²) in [5.74, 6) is -1.67. The van der Waals surface area contributed by atoms with Crippen molar-refractivity contribution in [1.82, 2.24) is 15.2 Å². The number of ether oxygens (including phenoxy) is 1. The van der Waals surface area contributed by atoms with Gasteiger partial charge in [0.15, 0.2) is 16.9 Å². The van der Waals surface area contributed by atoms with Gasteiger partial charge in [0.05, 0.1) is 0 Å². The number of carbonyl (C=O) groups excluding carboxylic acids is 3. The van der Waals surface area contributed by atoms with Crippen molar-refractivity contribution in [1.29, 1.82) is 0 Å². The van der Waals surface area contributed by atoms with Gasteiger partial charge in [-0.05, 0) is 22.8 Å². The highest BCUT2D eigenvalue weighted by molar-refractivity contribution is 8.00. The zero-order chi connectivity index (χ0) is 29.8. The zero-order valence-electron chi connectivity index (χ0n) is 21.9. The Kier molecular flexibility index (Phi) is 9.17. The second-order valence-corrected chi connectivity index (χ2v) is 12.0. The van der Waals surface area contributed by atoms with Crippen LogP contribution in [-0.2, 0) is 24.0 Å². The summed E-state index contributed by atoms with van der Waals surface area (Å²) in [6.45, 7) is 0.